The van der Waals surface area contributed by atoms with Crippen molar-refractivity contribution in [2.24, 2.45) is 0 Å². The highest BCUT2D eigenvalue weighted by molar-refractivity contribution is 5.86. The number of nitrogens with zero attached hydrogens (tertiary/aromatic N) is 4. The molecule has 6 nitrogen and oxygen atoms in total. The molecule has 2 aromatic rings. The van der Waals surface area contributed by atoms with E-state index < -0.39 is 0 Å². The summed E-state index contributed by atoms with van der Waals surface area (Å²) in [4.78, 5) is 13.7. The fourth-order valence-electron chi connectivity index (χ4n) is 4.62. The summed E-state index contributed by atoms with van der Waals surface area (Å²) in [6.45, 7) is 4.00. The Labute approximate surface area is 160 Å². The lowest BCUT2D eigenvalue weighted by Crippen LogP contribution is -2.52. The van der Waals surface area contributed by atoms with E-state index in [4.69, 9.17) is 4.74 Å². The number of aliphatic hydroxyl groups is 1. The van der Waals surface area contributed by atoms with Crippen LogP contribution < -0.4 is 9.64 Å². The molecule has 1 aliphatic heterocycles. The zero-order valence-electron chi connectivity index (χ0n) is 15.8. The summed E-state index contributed by atoms with van der Waals surface area (Å²) in [6, 6.07) is 6.78. The lowest BCUT2D eigenvalue weighted by atomic mass is 9.96. The van der Waals surface area contributed by atoms with Crippen molar-refractivity contribution >= 4 is 16.6 Å². The topological polar surface area (TPSA) is 61.7 Å². The van der Waals surface area contributed by atoms with Crippen LogP contribution in [0.15, 0.2) is 24.5 Å². The number of fused-ring (bicyclic) bond motifs is 1. The molecule has 2 aliphatic carbocycles. The monoisotopic (exact) mass is 368 g/mol. The smallest absolute Gasteiger partial charge is 0.224 e. The summed E-state index contributed by atoms with van der Waals surface area (Å²) in [5.74, 6) is 0.722. The minimum absolute atomic E-state index is 0.138. The minimum Gasteiger partial charge on any atom is -0.474 e. The molecule has 3 aliphatic rings. The van der Waals surface area contributed by atoms with Gasteiger partial charge in [0.15, 0.2) is 0 Å². The van der Waals surface area contributed by atoms with Gasteiger partial charge in [-0.15, -0.1) is 0 Å². The van der Waals surface area contributed by atoms with Crippen molar-refractivity contribution in [3.8, 4) is 5.88 Å². The van der Waals surface area contributed by atoms with Crippen LogP contribution in [0.25, 0.3) is 10.9 Å². The van der Waals surface area contributed by atoms with Gasteiger partial charge in [-0.1, -0.05) is 0 Å². The first-order chi connectivity index (χ1) is 13.3. The van der Waals surface area contributed by atoms with Crippen LogP contribution in [0.4, 0.5) is 5.69 Å². The molecule has 27 heavy (non-hydrogen) atoms. The van der Waals surface area contributed by atoms with E-state index in [0.29, 0.717) is 12.1 Å². The molecule has 1 N–H and O–H groups in total. The zero-order chi connectivity index (χ0) is 18.2. The normalized spacial score (nSPS) is 27.1. The minimum atomic E-state index is -0.138. The van der Waals surface area contributed by atoms with Gasteiger partial charge in [-0.3, -0.25) is 4.90 Å². The van der Waals surface area contributed by atoms with E-state index in [0.717, 1.165) is 75.1 Å². The molecule has 144 valence electrons. The Morgan fingerprint density at radius 2 is 1.78 bits per heavy atom. The van der Waals surface area contributed by atoms with Crippen molar-refractivity contribution in [3.05, 3.63) is 24.5 Å². The van der Waals surface area contributed by atoms with Crippen LogP contribution >= 0.6 is 0 Å². The van der Waals surface area contributed by atoms with E-state index in [-0.39, 0.29) is 6.10 Å². The van der Waals surface area contributed by atoms with Crippen LogP contribution in [0, 0.1) is 0 Å². The quantitative estimate of drug-likeness (QED) is 0.895. The summed E-state index contributed by atoms with van der Waals surface area (Å²) in [5, 5.41) is 11.2. The number of ether oxygens (including phenoxy) is 1. The first-order valence-corrected chi connectivity index (χ1v) is 10.4. The second kappa shape index (κ2) is 7.24. The van der Waals surface area contributed by atoms with Gasteiger partial charge in [0, 0.05) is 37.9 Å². The van der Waals surface area contributed by atoms with Gasteiger partial charge in [-0.2, -0.15) is 0 Å². The number of piperazine rings is 1. The van der Waals surface area contributed by atoms with Crippen molar-refractivity contribution in [2.75, 3.05) is 31.1 Å². The lowest BCUT2D eigenvalue weighted by molar-refractivity contribution is 0.0671. The third-order valence-corrected chi connectivity index (χ3v) is 6.51. The number of aliphatic hydroxyl groups excluding tert-OH is 1. The molecule has 0 spiro atoms. The molecule has 1 saturated heterocycles. The van der Waals surface area contributed by atoms with Crippen LogP contribution in [-0.2, 0) is 0 Å². The van der Waals surface area contributed by atoms with Crippen molar-refractivity contribution in [2.45, 2.75) is 56.8 Å². The molecule has 6 heteroatoms. The summed E-state index contributed by atoms with van der Waals surface area (Å²) in [7, 11) is 0. The van der Waals surface area contributed by atoms with Gasteiger partial charge in [0.1, 0.15) is 12.4 Å². The molecule has 1 aromatic heterocycles. The van der Waals surface area contributed by atoms with Crippen molar-refractivity contribution in [3.63, 3.8) is 0 Å². The van der Waals surface area contributed by atoms with Crippen LogP contribution in [0.2, 0.25) is 0 Å². The van der Waals surface area contributed by atoms with Gasteiger partial charge in [0.05, 0.1) is 17.0 Å². The number of hydrogen-bond donors (Lipinski definition) is 1. The summed E-state index contributed by atoms with van der Waals surface area (Å²) in [5.41, 5.74) is 2.15. The third kappa shape index (κ3) is 3.36. The standard InChI is InChI=1S/C21H28N4O2/c26-20-6-2-5-19(20)25-11-9-24(10-12-25)15-7-8-18-17(13-15)21(23-14-22-18)27-16-3-1-4-16/h7-8,13-14,16,19-20,26H,1-6,9-12H2. The Kier molecular flexibility index (Phi) is 4.61. The molecule has 1 aromatic carbocycles. The van der Waals surface area contributed by atoms with Crippen molar-refractivity contribution in [1.29, 1.82) is 0 Å². The maximum absolute atomic E-state index is 10.2. The molecule has 2 unspecified atom stereocenters. The molecule has 3 fully saturated rings. The van der Waals surface area contributed by atoms with Crippen LogP contribution in [0.1, 0.15) is 38.5 Å². The molecule has 0 bridgehead atoms. The Morgan fingerprint density at radius 3 is 2.48 bits per heavy atom. The highest BCUT2D eigenvalue weighted by Crippen LogP contribution is 2.32. The summed E-state index contributed by atoms with van der Waals surface area (Å²) in [6.07, 6.45) is 8.52. The second-order valence-electron chi connectivity index (χ2n) is 8.14. The van der Waals surface area contributed by atoms with Crippen molar-refractivity contribution in [1.82, 2.24) is 14.9 Å². The number of anilines is 1. The van der Waals surface area contributed by atoms with E-state index in [1.54, 1.807) is 6.33 Å². The maximum atomic E-state index is 10.2. The lowest BCUT2D eigenvalue weighted by Gasteiger charge is -2.40. The first-order valence-electron chi connectivity index (χ1n) is 10.4. The Balaban J connectivity index is 1.32. The van der Waals surface area contributed by atoms with Crippen molar-refractivity contribution < 1.29 is 9.84 Å². The number of aromatic nitrogens is 2. The third-order valence-electron chi connectivity index (χ3n) is 6.51. The van der Waals surface area contributed by atoms with Gasteiger partial charge in [-0.05, 0) is 56.7 Å². The Morgan fingerprint density at radius 1 is 0.963 bits per heavy atom. The van der Waals surface area contributed by atoms with E-state index in [2.05, 4.69) is 38.0 Å². The number of hydrogen-bond acceptors (Lipinski definition) is 6. The fraction of sp³-hybridized carbons (Fsp3) is 0.619. The number of benzene rings is 1. The maximum Gasteiger partial charge on any atom is 0.224 e. The van der Waals surface area contributed by atoms with E-state index in [1.165, 1.54) is 12.1 Å². The molecular formula is C21H28N4O2. The average molecular weight is 368 g/mol. The molecule has 5 rings (SSSR count). The van der Waals surface area contributed by atoms with Gasteiger partial charge in [0.25, 0.3) is 0 Å². The largest absolute Gasteiger partial charge is 0.474 e. The molecular weight excluding hydrogens is 340 g/mol. The predicted molar refractivity (Wildman–Crippen MR) is 105 cm³/mol. The van der Waals surface area contributed by atoms with E-state index in [9.17, 15) is 5.11 Å². The molecule has 2 atom stereocenters. The zero-order valence-corrected chi connectivity index (χ0v) is 15.8. The molecule has 2 saturated carbocycles. The fourth-order valence-corrected chi connectivity index (χ4v) is 4.62. The molecule has 2 heterocycles. The first kappa shape index (κ1) is 17.2. The Bertz CT molecular complexity index is 802. The van der Waals surface area contributed by atoms with Gasteiger partial charge in [-0.25, -0.2) is 9.97 Å². The average Bonchev–Trinajstić information content (AvgIpc) is 3.10. The second-order valence-corrected chi connectivity index (χ2v) is 8.14. The number of rotatable bonds is 4. The van der Waals surface area contributed by atoms with Crippen LogP contribution in [-0.4, -0.2) is 64.4 Å². The summed E-state index contributed by atoms with van der Waals surface area (Å²) < 4.78 is 6.10. The van der Waals surface area contributed by atoms with E-state index in [1.807, 2.05) is 0 Å². The molecule has 0 amide bonds. The summed E-state index contributed by atoms with van der Waals surface area (Å²) >= 11 is 0. The van der Waals surface area contributed by atoms with Gasteiger partial charge in [0.2, 0.25) is 5.88 Å². The van der Waals surface area contributed by atoms with Crippen LogP contribution in [0.5, 0.6) is 5.88 Å². The SMILES string of the molecule is OC1CCCC1N1CCN(c2ccc3ncnc(OC4CCC4)c3c2)CC1. The highest BCUT2D eigenvalue weighted by Gasteiger charge is 2.32. The highest BCUT2D eigenvalue weighted by atomic mass is 16.5. The van der Waals surface area contributed by atoms with Gasteiger partial charge < -0.3 is 14.7 Å². The van der Waals surface area contributed by atoms with Crippen LogP contribution in [0.3, 0.4) is 0 Å². The van der Waals surface area contributed by atoms with E-state index >= 15 is 0 Å². The Hall–Kier alpha value is -1.92. The predicted octanol–water partition coefficient (Wildman–Crippen LogP) is 2.60. The molecule has 0 radical (unpaired) electrons. The van der Waals surface area contributed by atoms with Gasteiger partial charge >= 0.3 is 0 Å².